The van der Waals surface area contributed by atoms with Crippen LogP contribution in [0.1, 0.15) is 43.7 Å². The quantitative estimate of drug-likeness (QED) is 0.831. The molecule has 1 aromatic carbocycles. The minimum absolute atomic E-state index is 0.0554. The Hall–Kier alpha value is -1.35. The van der Waals surface area contributed by atoms with E-state index in [4.69, 9.17) is 5.73 Å². The first kappa shape index (κ1) is 15.0. The highest BCUT2D eigenvalue weighted by Gasteiger charge is 2.30. The van der Waals surface area contributed by atoms with E-state index in [2.05, 4.69) is 38.1 Å². The predicted octanol–water partition coefficient (Wildman–Crippen LogP) is 2.86. The Kier molecular flexibility index (Phi) is 5.18. The molecular formula is C17H26N2O. The van der Waals surface area contributed by atoms with Crippen molar-refractivity contribution >= 4 is 5.91 Å². The molecule has 1 fully saturated rings. The van der Waals surface area contributed by atoms with Gasteiger partial charge in [0, 0.05) is 25.6 Å². The van der Waals surface area contributed by atoms with Crippen LogP contribution < -0.4 is 5.73 Å². The van der Waals surface area contributed by atoms with Crippen LogP contribution in [0.4, 0.5) is 0 Å². The highest BCUT2D eigenvalue weighted by atomic mass is 16.2. The lowest BCUT2D eigenvalue weighted by molar-refractivity contribution is -0.132. The van der Waals surface area contributed by atoms with Gasteiger partial charge in [-0.3, -0.25) is 4.79 Å². The van der Waals surface area contributed by atoms with Crippen molar-refractivity contribution in [2.45, 2.75) is 52.1 Å². The summed E-state index contributed by atoms with van der Waals surface area (Å²) in [5, 5.41) is 0. The second-order valence-electron chi connectivity index (χ2n) is 6.01. The molecule has 0 radical (unpaired) electrons. The standard InChI is InChI=1S/C17H26N2O/c1-3-10-19(12-14-6-4-13(2)5-7-14)17(20)11-16(18)15-8-9-15/h4-7,15-16H,3,8-12,18H2,1-2H3. The molecule has 0 saturated heterocycles. The normalized spacial score (nSPS) is 15.9. The second kappa shape index (κ2) is 6.89. The van der Waals surface area contributed by atoms with Gasteiger partial charge < -0.3 is 10.6 Å². The molecular weight excluding hydrogens is 248 g/mol. The summed E-state index contributed by atoms with van der Waals surface area (Å²) in [5.74, 6) is 0.786. The van der Waals surface area contributed by atoms with Crippen LogP contribution in [-0.2, 0) is 11.3 Å². The van der Waals surface area contributed by atoms with E-state index in [0.29, 0.717) is 18.9 Å². The highest BCUT2D eigenvalue weighted by Crippen LogP contribution is 2.33. The molecule has 110 valence electrons. The Morgan fingerprint density at radius 1 is 1.35 bits per heavy atom. The number of carbonyl (C=O) groups excluding carboxylic acids is 1. The number of amides is 1. The van der Waals surface area contributed by atoms with Gasteiger partial charge in [-0.15, -0.1) is 0 Å². The Labute approximate surface area is 122 Å². The maximum Gasteiger partial charge on any atom is 0.224 e. The van der Waals surface area contributed by atoms with Gasteiger partial charge in [0.1, 0.15) is 0 Å². The summed E-state index contributed by atoms with van der Waals surface area (Å²) in [5.41, 5.74) is 8.52. The molecule has 1 saturated carbocycles. The lowest BCUT2D eigenvalue weighted by Gasteiger charge is -2.24. The van der Waals surface area contributed by atoms with Crippen molar-refractivity contribution in [3.63, 3.8) is 0 Å². The molecule has 0 spiro atoms. The molecule has 2 N–H and O–H groups in total. The number of hydrogen-bond acceptors (Lipinski definition) is 2. The average molecular weight is 274 g/mol. The molecule has 20 heavy (non-hydrogen) atoms. The molecule has 1 atom stereocenters. The molecule has 1 aliphatic carbocycles. The summed E-state index contributed by atoms with van der Waals surface area (Å²) in [7, 11) is 0. The van der Waals surface area contributed by atoms with Gasteiger partial charge in [-0.25, -0.2) is 0 Å². The van der Waals surface area contributed by atoms with E-state index in [1.165, 1.54) is 24.0 Å². The third-order valence-electron chi connectivity index (χ3n) is 3.98. The summed E-state index contributed by atoms with van der Waals surface area (Å²) >= 11 is 0. The van der Waals surface area contributed by atoms with Crippen molar-refractivity contribution in [2.75, 3.05) is 6.54 Å². The van der Waals surface area contributed by atoms with Crippen LogP contribution in [0, 0.1) is 12.8 Å². The Morgan fingerprint density at radius 3 is 2.55 bits per heavy atom. The number of carbonyl (C=O) groups is 1. The summed E-state index contributed by atoms with van der Waals surface area (Å²) in [6.45, 7) is 5.69. The van der Waals surface area contributed by atoms with Gasteiger partial charge >= 0.3 is 0 Å². The van der Waals surface area contributed by atoms with E-state index in [0.717, 1.165) is 13.0 Å². The molecule has 0 bridgehead atoms. The van der Waals surface area contributed by atoms with E-state index in [9.17, 15) is 4.79 Å². The molecule has 1 aromatic rings. The van der Waals surface area contributed by atoms with Crippen LogP contribution in [0.3, 0.4) is 0 Å². The van der Waals surface area contributed by atoms with Gasteiger partial charge in [0.2, 0.25) is 5.91 Å². The molecule has 3 nitrogen and oxygen atoms in total. The number of rotatable bonds is 7. The van der Waals surface area contributed by atoms with Crippen LogP contribution in [0.25, 0.3) is 0 Å². The summed E-state index contributed by atoms with van der Waals surface area (Å²) in [6, 6.07) is 8.46. The smallest absolute Gasteiger partial charge is 0.224 e. The number of hydrogen-bond donors (Lipinski definition) is 1. The highest BCUT2D eigenvalue weighted by molar-refractivity contribution is 5.76. The first-order valence-corrected chi connectivity index (χ1v) is 7.69. The third-order valence-corrected chi connectivity index (χ3v) is 3.98. The van der Waals surface area contributed by atoms with Crippen molar-refractivity contribution in [2.24, 2.45) is 11.7 Å². The van der Waals surface area contributed by atoms with E-state index in [-0.39, 0.29) is 11.9 Å². The topological polar surface area (TPSA) is 46.3 Å². The zero-order chi connectivity index (χ0) is 14.5. The maximum atomic E-state index is 12.4. The largest absolute Gasteiger partial charge is 0.338 e. The Balaban J connectivity index is 1.94. The summed E-state index contributed by atoms with van der Waals surface area (Å²) < 4.78 is 0. The van der Waals surface area contributed by atoms with E-state index in [1.807, 2.05) is 4.90 Å². The van der Waals surface area contributed by atoms with Gasteiger partial charge in [-0.1, -0.05) is 36.8 Å². The fourth-order valence-corrected chi connectivity index (χ4v) is 2.50. The molecule has 0 aromatic heterocycles. The lowest BCUT2D eigenvalue weighted by atomic mass is 10.1. The zero-order valence-electron chi connectivity index (χ0n) is 12.6. The second-order valence-corrected chi connectivity index (χ2v) is 6.01. The van der Waals surface area contributed by atoms with E-state index >= 15 is 0 Å². The van der Waals surface area contributed by atoms with Crippen molar-refractivity contribution in [3.05, 3.63) is 35.4 Å². The maximum absolute atomic E-state index is 12.4. The lowest BCUT2D eigenvalue weighted by Crippen LogP contribution is -2.36. The van der Waals surface area contributed by atoms with Crippen molar-refractivity contribution in [1.29, 1.82) is 0 Å². The number of nitrogens with zero attached hydrogens (tertiary/aromatic N) is 1. The van der Waals surface area contributed by atoms with Crippen molar-refractivity contribution in [1.82, 2.24) is 4.90 Å². The Morgan fingerprint density at radius 2 is 2.00 bits per heavy atom. The molecule has 1 amide bonds. The minimum Gasteiger partial charge on any atom is -0.338 e. The minimum atomic E-state index is 0.0554. The Bertz CT molecular complexity index is 437. The van der Waals surface area contributed by atoms with Crippen LogP contribution in [0.5, 0.6) is 0 Å². The SMILES string of the molecule is CCCN(Cc1ccc(C)cc1)C(=O)CC(N)C1CC1. The monoisotopic (exact) mass is 274 g/mol. The van der Waals surface area contributed by atoms with Crippen LogP contribution >= 0.6 is 0 Å². The number of nitrogens with two attached hydrogens (primary N) is 1. The van der Waals surface area contributed by atoms with Gasteiger partial charge in [0.15, 0.2) is 0 Å². The summed E-state index contributed by atoms with van der Waals surface area (Å²) in [6.07, 6.45) is 3.87. The average Bonchev–Trinajstić information content (AvgIpc) is 3.25. The molecule has 2 rings (SSSR count). The first-order chi connectivity index (χ1) is 9.60. The summed E-state index contributed by atoms with van der Waals surface area (Å²) in [4.78, 5) is 14.3. The van der Waals surface area contributed by atoms with Crippen molar-refractivity contribution < 1.29 is 4.79 Å². The number of aryl methyl sites for hydroxylation is 1. The zero-order valence-corrected chi connectivity index (χ0v) is 12.6. The molecule has 1 aliphatic rings. The fraction of sp³-hybridized carbons (Fsp3) is 0.588. The predicted molar refractivity (Wildman–Crippen MR) is 82.2 cm³/mol. The number of benzene rings is 1. The van der Waals surface area contributed by atoms with Gasteiger partial charge in [-0.2, -0.15) is 0 Å². The van der Waals surface area contributed by atoms with Crippen LogP contribution in [0.2, 0.25) is 0 Å². The van der Waals surface area contributed by atoms with E-state index < -0.39 is 0 Å². The molecule has 3 heteroatoms. The van der Waals surface area contributed by atoms with Gasteiger partial charge in [-0.05, 0) is 37.7 Å². The van der Waals surface area contributed by atoms with Gasteiger partial charge in [0.25, 0.3) is 0 Å². The first-order valence-electron chi connectivity index (χ1n) is 7.69. The molecule has 1 unspecified atom stereocenters. The van der Waals surface area contributed by atoms with E-state index in [1.54, 1.807) is 0 Å². The third kappa shape index (κ3) is 4.34. The molecule has 0 heterocycles. The van der Waals surface area contributed by atoms with Crippen LogP contribution in [0.15, 0.2) is 24.3 Å². The van der Waals surface area contributed by atoms with Crippen LogP contribution in [-0.4, -0.2) is 23.4 Å². The fourth-order valence-electron chi connectivity index (χ4n) is 2.50. The van der Waals surface area contributed by atoms with Crippen molar-refractivity contribution in [3.8, 4) is 0 Å². The van der Waals surface area contributed by atoms with Gasteiger partial charge in [0.05, 0.1) is 0 Å². The molecule has 0 aliphatic heterocycles.